The van der Waals surface area contributed by atoms with E-state index in [1.54, 1.807) is 0 Å². The van der Waals surface area contributed by atoms with Gasteiger partial charge in [-0.1, -0.05) is 12.1 Å². The number of guanidine groups is 1. The molecule has 8 heteroatoms. The van der Waals surface area contributed by atoms with Gasteiger partial charge in [0.2, 0.25) is 5.91 Å². The van der Waals surface area contributed by atoms with Crippen molar-refractivity contribution >= 4 is 53.3 Å². The van der Waals surface area contributed by atoms with Crippen molar-refractivity contribution in [2.75, 3.05) is 49.1 Å². The molecule has 1 atom stereocenters. The monoisotopic (exact) mass is 531 g/mol. The largest absolute Gasteiger partial charge is 0.370 e. The molecule has 0 spiro atoms. The van der Waals surface area contributed by atoms with Crippen molar-refractivity contribution in [3.05, 3.63) is 29.8 Å². The van der Waals surface area contributed by atoms with E-state index in [9.17, 15) is 4.79 Å². The first-order chi connectivity index (χ1) is 13.7. The number of rotatable bonds is 6. The van der Waals surface area contributed by atoms with Gasteiger partial charge in [0.15, 0.2) is 5.96 Å². The number of nitrogens with one attached hydrogen (secondary N) is 1. The van der Waals surface area contributed by atoms with Gasteiger partial charge in [-0.2, -0.15) is 11.8 Å². The molecule has 2 aliphatic rings. The van der Waals surface area contributed by atoms with E-state index in [-0.39, 0.29) is 29.9 Å². The molecule has 0 aromatic heterocycles. The van der Waals surface area contributed by atoms with Crippen LogP contribution in [-0.2, 0) is 11.3 Å². The molecule has 1 aromatic rings. The highest BCUT2D eigenvalue weighted by molar-refractivity contribution is 14.0. The van der Waals surface area contributed by atoms with E-state index in [1.807, 2.05) is 11.8 Å². The van der Waals surface area contributed by atoms with Crippen molar-refractivity contribution in [1.29, 1.82) is 0 Å². The summed E-state index contributed by atoms with van der Waals surface area (Å²) in [5, 5.41) is 3.41. The number of carbonyl (C=O) groups is 1. The van der Waals surface area contributed by atoms with Crippen molar-refractivity contribution in [3.63, 3.8) is 0 Å². The molecule has 0 aliphatic carbocycles. The minimum absolute atomic E-state index is 0. The molecule has 2 aliphatic heterocycles. The number of anilines is 1. The summed E-state index contributed by atoms with van der Waals surface area (Å²) in [6.07, 6.45) is 2.60. The smallest absolute Gasteiger partial charge is 0.217 e. The fourth-order valence-corrected chi connectivity index (χ4v) is 4.84. The summed E-state index contributed by atoms with van der Waals surface area (Å²) >= 11 is 2.03. The molecular weight excluding hydrogens is 497 g/mol. The Labute approximate surface area is 196 Å². The first-order valence-corrected chi connectivity index (χ1v) is 11.5. The maximum absolute atomic E-state index is 11.3. The van der Waals surface area contributed by atoms with Gasteiger partial charge in [-0.25, -0.2) is 4.99 Å². The minimum Gasteiger partial charge on any atom is -0.370 e. The van der Waals surface area contributed by atoms with Gasteiger partial charge in [0.05, 0.1) is 6.54 Å². The van der Waals surface area contributed by atoms with Crippen LogP contribution in [-0.4, -0.2) is 61.0 Å². The Morgan fingerprint density at radius 1 is 1.24 bits per heavy atom. The lowest BCUT2D eigenvalue weighted by Gasteiger charge is -2.34. The number of benzene rings is 1. The van der Waals surface area contributed by atoms with Gasteiger partial charge in [0.1, 0.15) is 0 Å². The van der Waals surface area contributed by atoms with Crippen LogP contribution in [0, 0.1) is 5.92 Å². The summed E-state index contributed by atoms with van der Waals surface area (Å²) in [6.45, 7) is 7.68. The van der Waals surface area contributed by atoms with Crippen LogP contribution in [0.2, 0.25) is 0 Å². The quantitative estimate of drug-likeness (QED) is 0.336. The van der Waals surface area contributed by atoms with Crippen LogP contribution in [0.1, 0.15) is 31.7 Å². The lowest BCUT2D eigenvalue weighted by atomic mass is 9.95. The van der Waals surface area contributed by atoms with Crippen LogP contribution in [0.4, 0.5) is 5.69 Å². The van der Waals surface area contributed by atoms with E-state index < -0.39 is 0 Å². The number of likely N-dealkylation sites (tertiary alicyclic amines) is 1. The molecule has 6 nitrogen and oxygen atoms in total. The van der Waals surface area contributed by atoms with Crippen LogP contribution >= 0.6 is 35.7 Å². The van der Waals surface area contributed by atoms with Crippen molar-refractivity contribution in [3.8, 4) is 0 Å². The van der Waals surface area contributed by atoms with Gasteiger partial charge in [-0.15, -0.1) is 24.0 Å². The van der Waals surface area contributed by atoms with Crippen molar-refractivity contribution in [1.82, 2.24) is 10.2 Å². The molecule has 1 unspecified atom stereocenters. The van der Waals surface area contributed by atoms with E-state index in [0.717, 1.165) is 51.5 Å². The third-order valence-corrected chi connectivity index (χ3v) is 6.31. The summed E-state index contributed by atoms with van der Waals surface area (Å²) in [6, 6.07) is 8.82. The number of hydrogen-bond donors (Lipinski definition) is 2. The summed E-state index contributed by atoms with van der Waals surface area (Å²) in [7, 11) is 0. The van der Waals surface area contributed by atoms with E-state index in [4.69, 9.17) is 10.7 Å². The van der Waals surface area contributed by atoms with Crippen LogP contribution in [0.15, 0.2) is 29.3 Å². The number of carbonyl (C=O) groups excluding carboxylic acids is 1. The number of piperidine rings is 1. The number of nitrogens with two attached hydrogens (primary N) is 1. The Kier molecular flexibility index (Phi) is 10.4. The third-order valence-electron chi connectivity index (χ3n) is 5.37. The number of aliphatic imine (C=N–C) groups is 1. The second-order valence-corrected chi connectivity index (χ2v) is 8.79. The molecule has 2 fully saturated rings. The predicted molar refractivity (Wildman–Crippen MR) is 134 cm³/mol. The third kappa shape index (κ3) is 7.55. The van der Waals surface area contributed by atoms with Crippen LogP contribution in [0.5, 0.6) is 0 Å². The fraction of sp³-hybridized carbons (Fsp3) is 0.619. The lowest BCUT2D eigenvalue weighted by molar-refractivity contribution is -0.119. The zero-order chi connectivity index (χ0) is 19.8. The van der Waals surface area contributed by atoms with Gasteiger partial charge < -0.3 is 20.9 Å². The second kappa shape index (κ2) is 12.5. The summed E-state index contributed by atoms with van der Waals surface area (Å²) in [4.78, 5) is 20.9. The van der Waals surface area contributed by atoms with E-state index in [1.165, 1.54) is 22.8 Å². The molecule has 2 heterocycles. The van der Waals surface area contributed by atoms with E-state index >= 15 is 0 Å². The number of halogens is 1. The zero-order valence-electron chi connectivity index (χ0n) is 17.3. The number of nitrogens with zero attached hydrogens (tertiary/aromatic N) is 3. The molecule has 3 N–H and O–H groups in total. The summed E-state index contributed by atoms with van der Waals surface area (Å²) in [5.74, 6) is 3.49. The molecule has 2 saturated heterocycles. The number of primary amides is 1. The Hall–Kier alpha value is -1.16. The maximum atomic E-state index is 11.3. The maximum Gasteiger partial charge on any atom is 0.217 e. The Morgan fingerprint density at radius 3 is 2.62 bits per heavy atom. The Morgan fingerprint density at radius 2 is 1.97 bits per heavy atom. The van der Waals surface area contributed by atoms with Crippen LogP contribution < -0.4 is 16.0 Å². The topological polar surface area (TPSA) is 74.0 Å². The highest BCUT2D eigenvalue weighted by Gasteiger charge is 2.23. The van der Waals surface area contributed by atoms with Gasteiger partial charge in [0.25, 0.3) is 0 Å². The SMILES string of the molecule is CCNC(=NCc1ccc(N2CCSCC2)cc1)N1CCCC(CC(N)=O)C1.I. The first kappa shape index (κ1) is 24.1. The standard InChI is InChI=1S/C21H33N5OS.HI/c1-2-23-21(26-9-3-4-18(16-26)14-20(22)27)24-15-17-5-7-19(8-6-17)25-10-12-28-13-11-25;/h5-8,18H,2-4,9-16H2,1H3,(H2,22,27)(H,23,24);1H. The molecule has 0 saturated carbocycles. The predicted octanol–water partition coefficient (Wildman–Crippen LogP) is 2.91. The van der Waals surface area contributed by atoms with Gasteiger partial charge in [0, 0.05) is 56.3 Å². The molecule has 162 valence electrons. The van der Waals surface area contributed by atoms with Crippen molar-refractivity contribution < 1.29 is 4.79 Å². The van der Waals surface area contributed by atoms with Crippen molar-refractivity contribution in [2.45, 2.75) is 32.7 Å². The lowest BCUT2D eigenvalue weighted by Crippen LogP contribution is -2.47. The highest BCUT2D eigenvalue weighted by atomic mass is 127. The van der Waals surface area contributed by atoms with Crippen molar-refractivity contribution in [2.24, 2.45) is 16.6 Å². The first-order valence-electron chi connectivity index (χ1n) is 10.4. The minimum atomic E-state index is -0.207. The average Bonchev–Trinajstić information content (AvgIpc) is 2.72. The highest BCUT2D eigenvalue weighted by Crippen LogP contribution is 2.21. The zero-order valence-corrected chi connectivity index (χ0v) is 20.5. The summed E-state index contributed by atoms with van der Waals surface area (Å²) in [5.41, 5.74) is 7.93. The molecule has 1 aromatic carbocycles. The van der Waals surface area contributed by atoms with E-state index in [2.05, 4.69) is 46.3 Å². The van der Waals surface area contributed by atoms with Gasteiger partial charge in [-0.05, 0) is 43.4 Å². The normalized spacial score (nSPS) is 20.2. The fourth-order valence-electron chi connectivity index (χ4n) is 3.93. The molecular formula is C21H34IN5OS. The molecule has 29 heavy (non-hydrogen) atoms. The number of hydrogen-bond acceptors (Lipinski definition) is 4. The molecule has 0 radical (unpaired) electrons. The molecule has 0 bridgehead atoms. The van der Waals surface area contributed by atoms with E-state index in [0.29, 0.717) is 18.9 Å². The average molecular weight is 532 g/mol. The van der Waals surface area contributed by atoms with Crippen LogP contribution in [0.3, 0.4) is 0 Å². The molecule has 3 rings (SSSR count). The number of amides is 1. The van der Waals surface area contributed by atoms with Gasteiger partial charge >= 0.3 is 0 Å². The second-order valence-electron chi connectivity index (χ2n) is 7.56. The Balaban J connectivity index is 0.00000300. The van der Waals surface area contributed by atoms with Crippen LogP contribution in [0.25, 0.3) is 0 Å². The molecule has 1 amide bonds. The number of thioether (sulfide) groups is 1. The Bertz CT molecular complexity index is 664. The van der Waals surface area contributed by atoms with Gasteiger partial charge in [-0.3, -0.25) is 4.79 Å². The summed E-state index contributed by atoms with van der Waals surface area (Å²) < 4.78 is 0.